The summed E-state index contributed by atoms with van der Waals surface area (Å²) >= 11 is 0. The van der Waals surface area contributed by atoms with Crippen molar-refractivity contribution in [1.82, 2.24) is 0 Å². The highest BCUT2D eigenvalue weighted by atomic mass is 19.2. The second-order valence-corrected chi connectivity index (χ2v) is 8.74. The molecular weight excluding hydrogens is 406 g/mol. The van der Waals surface area contributed by atoms with E-state index >= 15 is 0 Å². The minimum Gasteiger partial charge on any atom is -0.491 e. The first-order valence-corrected chi connectivity index (χ1v) is 11.8. The van der Waals surface area contributed by atoms with Crippen molar-refractivity contribution in [2.45, 2.75) is 52.1 Å². The molecule has 1 saturated heterocycles. The van der Waals surface area contributed by atoms with Gasteiger partial charge in [-0.1, -0.05) is 55.8 Å². The molecule has 1 aliphatic carbocycles. The van der Waals surface area contributed by atoms with Gasteiger partial charge in [0.15, 0.2) is 11.6 Å². The average molecular weight is 439 g/mol. The van der Waals surface area contributed by atoms with Gasteiger partial charge in [0.1, 0.15) is 0 Å². The van der Waals surface area contributed by atoms with Crippen molar-refractivity contribution in [2.24, 2.45) is 11.8 Å². The maximum Gasteiger partial charge on any atom is 0.201 e. The van der Waals surface area contributed by atoms with Crippen LogP contribution in [0.25, 0.3) is 11.1 Å². The molecule has 170 valence electrons. The number of rotatable bonds is 7. The lowest BCUT2D eigenvalue weighted by molar-refractivity contribution is -0.00730. The first-order chi connectivity index (χ1) is 15.6. The fourth-order valence-corrected chi connectivity index (χ4v) is 4.75. The van der Waals surface area contributed by atoms with E-state index in [9.17, 15) is 8.78 Å². The number of ether oxygens (including phenoxy) is 2. The molecule has 2 nitrogen and oxygen atoms in total. The average Bonchev–Trinajstić information content (AvgIpc) is 2.83. The van der Waals surface area contributed by atoms with Crippen molar-refractivity contribution < 1.29 is 18.3 Å². The summed E-state index contributed by atoms with van der Waals surface area (Å²) in [7, 11) is 0. The summed E-state index contributed by atoms with van der Waals surface area (Å²) in [5.74, 6) is -0.726. The summed E-state index contributed by atoms with van der Waals surface area (Å²) in [6, 6.07) is 10.6. The first kappa shape index (κ1) is 22.7. The fraction of sp³-hybridized carbons (Fsp3) is 0.429. The highest BCUT2D eigenvalue weighted by molar-refractivity contribution is 5.65. The van der Waals surface area contributed by atoms with E-state index in [1.807, 2.05) is 24.3 Å². The first-order valence-electron chi connectivity index (χ1n) is 11.8. The Balaban J connectivity index is 1.38. The zero-order valence-corrected chi connectivity index (χ0v) is 19.0. The molecular formula is C28H32F2O2. The second kappa shape index (κ2) is 10.4. The molecule has 0 bridgehead atoms. The Morgan fingerprint density at radius 3 is 2.44 bits per heavy atom. The maximum absolute atomic E-state index is 14.5. The second-order valence-electron chi connectivity index (χ2n) is 8.74. The van der Waals surface area contributed by atoms with Crippen LogP contribution < -0.4 is 4.74 Å². The van der Waals surface area contributed by atoms with Crippen LogP contribution in [0, 0.1) is 23.5 Å². The van der Waals surface area contributed by atoms with Crippen molar-refractivity contribution in [1.29, 1.82) is 0 Å². The molecule has 2 aliphatic rings. The van der Waals surface area contributed by atoms with E-state index in [0.29, 0.717) is 24.0 Å². The Morgan fingerprint density at radius 2 is 1.81 bits per heavy atom. The molecule has 2 aromatic rings. The van der Waals surface area contributed by atoms with Crippen LogP contribution in [0.4, 0.5) is 8.78 Å². The van der Waals surface area contributed by atoms with E-state index < -0.39 is 11.6 Å². The molecule has 4 rings (SSSR count). The van der Waals surface area contributed by atoms with Crippen LogP contribution in [0.1, 0.15) is 57.6 Å². The van der Waals surface area contributed by atoms with Gasteiger partial charge in [0.2, 0.25) is 5.82 Å². The molecule has 1 aliphatic heterocycles. The van der Waals surface area contributed by atoms with Crippen LogP contribution in [0.2, 0.25) is 0 Å². The van der Waals surface area contributed by atoms with E-state index in [2.05, 4.69) is 25.2 Å². The van der Waals surface area contributed by atoms with Crippen molar-refractivity contribution >= 4 is 0 Å². The molecule has 0 N–H and O–H groups in total. The van der Waals surface area contributed by atoms with Crippen LogP contribution in [-0.2, 0) is 4.74 Å². The molecule has 0 saturated carbocycles. The summed E-state index contributed by atoms with van der Waals surface area (Å²) in [4.78, 5) is 0. The number of benzene rings is 2. The molecule has 0 spiro atoms. The highest BCUT2D eigenvalue weighted by Crippen LogP contribution is 2.37. The molecule has 2 aromatic carbocycles. The quantitative estimate of drug-likeness (QED) is 0.439. The van der Waals surface area contributed by atoms with Crippen LogP contribution in [0.3, 0.4) is 0 Å². The maximum atomic E-state index is 14.5. The lowest BCUT2D eigenvalue weighted by Gasteiger charge is -2.31. The van der Waals surface area contributed by atoms with Gasteiger partial charge in [-0.25, -0.2) is 4.39 Å². The lowest BCUT2D eigenvalue weighted by atomic mass is 9.84. The Morgan fingerprint density at radius 1 is 1.00 bits per heavy atom. The molecule has 3 unspecified atom stereocenters. The third kappa shape index (κ3) is 4.96. The van der Waals surface area contributed by atoms with Crippen molar-refractivity contribution in [2.75, 3.05) is 13.2 Å². The summed E-state index contributed by atoms with van der Waals surface area (Å²) < 4.78 is 40.1. The van der Waals surface area contributed by atoms with Gasteiger partial charge < -0.3 is 9.47 Å². The predicted octanol–water partition coefficient (Wildman–Crippen LogP) is 7.80. The Bertz CT molecular complexity index is 970. The molecule has 0 radical (unpaired) electrons. The number of hydrogen-bond acceptors (Lipinski definition) is 2. The predicted molar refractivity (Wildman–Crippen MR) is 125 cm³/mol. The van der Waals surface area contributed by atoms with Gasteiger partial charge in [-0.15, -0.1) is 0 Å². The van der Waals surface area contributed by atoms with Gasteiger partial charge in [0.05, 0.1) is 19.3 Å². The molecule has 0 aromatic heterocycles. The smallest absolute Gasteiger partial charge is 0.201 e. The molecule has 32 heavy (non-hydrogen) atoms. The Labute approximate surface area is 189 Å². The number of hydrogen-bond donors (Lipinski definition) is 0. The number of halogens is 2. The molecule has 4 heteroatoms. The topological polar surface area (TPSA) is 18.5 Å². The minimum atomic E-state index is -0.942. The summed E-state index contributed by atoms with van der Waals surface area (Å²) in [5, 5.41) is 0. The minimum absolute atomic E-state index is 0.0447. The third-order valence-electron chi connectivity index (χ3n) is 6.56. The van der Waals surface area contributed by atoms with Crippen LogP contribution in [0.5, 0.6) is 5.75 Å². The van der Waals surface area contributed by atoms with Gasteiger partial charge in [-0.05, 0) is 67.4 Å². The standard InChI is InChI=1S/C28H32F2O2/c1-3-5-19-6-8-20(9-7-19)23-14-16-25(32-18-23)22-12-10-21(11-13-22)24-15-17-26(31-4-2)28(30)27(24)29/h6,8-13,15,17,19,23,25H,3-5,7,14,16,18H2,1-2H3. The van der Waals surface area contributed by atoms with E-state index in [0.717, 1.165) is 31.4 Å². The Hall–Kier alpha value is -2.46. The van der Waals surface area contributed by atoms with Crippen molar-refractivity contribution in [3.05, 3.63) is 77.4 Å². The van der Waals surface area contributed by atoms with E-state index in [-0.39, 0.29) is 17.4 Å². The zero-order valence-electron chi connectivity index (χ0n) is 19.0. The van der Waals surface area contributed by atoms with Crippen molar-refractivity contribution in [3.8, 4) is 16.9 Å². The SMILES string of the molecule is CCCC1C=CC(C2CCC(c3ccc(-c4ccc(OCC)c(F)c4F)cc3)OC2)=CC1. The summed E-state index contributed by atoms with van der Waals surface area (Å²) in [5.41, 5.74) is 3.37. The van der Waals surface area contributed by atoms with Crippen LogP contribution in [0.15, 0.2) is 60.2 Å². The molecule has 3 atom stereocenters. The summed E-state index contributed by atoms with van der Waals surface area (Å²) in [6.45, 7) is 4.99. The van der Waals surface area contributed by atoms with Gasteiger partial charge in [-0.3, -0.25) is 0 Å². The van der Waals surface area contributed by atoms with Gasteiger partial charge in [0.25, 0.3) is 0 Å². The normalized spacial score (nSPS) is 23.1. The number of allylic oxidation sites excluding steroid dienone is 3. The van der Waals surface area contributed by atoms with E-state index in [4.69, 9.17) is 9.47 Å². The van der Waals surface area contributed by atoms with Crippen LogP contribution >= 0.6 is 0 Å². The Kier molecular flexibility index (Phi) is 7.41. The zero-order chi connectivity index (χ0) is 22.5. The molecule has 1 fully saturated rings. The van der Waals surface area contributed by atoms with E-state index in [1.54, 1.807) is 13.0 Å². The van der Waals surface area contributed by atoms with Gasteiger partial charge >= 0.3 is 0 Å². The monoisotopic (exact) mass is 438 g/mol. The van der Waals surface area contributed by atoms with Crippen molar-refractivity contribution in [3.63, 3.8) is 0 Å². The fourth-order valence-electron chi connectivity index (χ4n) is 4.75. The summed E-state index contributed by atoms with van der Waals surface area (Å²) in [6.07, 6.45) is 12.8. The highest BCUT2D eigenvalue weighted by Gasteiger charge is 2.26. The molecule has 1 heterocycles. The largest absolute Gasteiger partial charge is 0.491 e. The lowest BCUT2D eigenvalue weighted by Crippen LogP contribution is -2.22. The van der Waals surface area contributed by atoms with E-state index in [1.165, 1.54) is 24.5 Å². The van der Waals surface area contributed by atoms with Crippen LogP contribution in [-0.4, -0.2) is 13.2 Å². The third-order valence-corrected chi connectivity index (χ3v) is 6.56. The van der Waals surface area contributed by atoms with Gasteiger partial charge in [0, 0.05) is 11.5 Å². The van der Waals surface area contributed by atoms with Gasteiger partial charge in [-0.2, -0.15) is 4.39 Å². The molecule has 0 amide bonds.